The maximum absolute atomic E-state index is 5.95. The van der Waals surface area contributed by atoms with Crippen LogP contribution in [0.2, 0.25) is 5.15 Å². The van der Waals surface area contributed by atoms with E-state index in [0.717, 1.165) is 11.3 Å². The molecule has 0 atom stereocenters. The van der Waals surface area contributed by atoms with Gasteiger partial charge in [-0.15, -0.1) is 5.10 Å². The lowest BCUT2D eigenvalue weighted by molar-refractivity contribution is 0.645. The molecule has 0 aliphatic carbocycles. The third-order valence-electron chi connectivity index (χ3n) is 3.20. The maximum Gasteiger partial charge on any atom is 0.222 e. The molecule has 0 saturated heterocycles. The first-order valence-electron chi connectivity index (χ1n) is 6.21. The Morgan fingerprint density at radius 3 is 2.81 bits per heavy atom. The molecule has 3 rings (SSSR count). The maximum atomic E-state index is 5.95. The predicted molar refractivity (Wildman–Crippen MR) is 77.5 cm³/mol. The molecule has 0 bridgehead atoms. The van der Waals surface area contributed by atoms with E-state index in [1.165, 1.54) is 0 Å². The van der Waals surface area contributed by atoms with E-state index in [0.29, 0.717) is 17.9 Å². The summed E-state index contributed by atoms with van der Waals surface area (Å²) in [5.74, 6) is 0.118. The minimum absolute atomic E-state index is 0.118. The molecular formula is C12H13ClN8. The molecule has 0 fully saturated rings. The molecule has 3 aromatic rings. The summed E-state index contributed by atoms with van der Waals surface area (Å²) in [6.45, 7) is 2.52. The van der Waals surface area contributed by atoms with E-state index in [-0.39, 0.29) is 11.1 Å². The van der Waals surface area contributed by atoms with E-state index in [1.54, 1.807) is 27.8 Å². The summed E-state index contributed by atoms with van der Waals surface area (Å²) >= 11 is 5.95. The van der Waals surface area contributed by atoms with Gasteiger partial charge in [0.05, 0.1) is 18.4 Å². The van der Waals surface area contributed by atoms with Gasteiger partial charge in [-0.1, -0.05) is 16.8 Å². The van der Waals surface area contributed by atoms with Crippen molar-refractivity contribution in [2.24, 2.45) is 7.05 Å². The summed E-state index contributed by atoms with van der Waals surface area (Å²) in [4.78, 5) is 8.07. The van der Waals surface area contributed by atoms with Crippen molar-refractivity contribution < 1.29 is 0 Å². The first-order valence-corrected chi connectivity index (χ1v) is 6.59. The van der Waals surface area contributed by atoms with Crippen molar-refractivity contribution in [1.29, 1.82) is 0 Å². The minimum atomic E-state index is 0.118. The summed E-state index contributed by atoms with van der Waals surface area (Å²) in [7, 11) is 1.87. The van der Waals surface area contributed by atoms with Gasteiger partial charge in [-0.2, -0.15) is 5.10 Å². The third-order valence-corrected chi connectivity index (χ3v) is 3.40. The second kappa shape index (κ2) is 5.13. The molecule has 3 aromatic heterocycles. The normalized spacial score (nSPS) is 11.0. The van der Waals surface area contributed by atoms with Gasteiger partial charge < -0.3 is 5.73 Å². The van der Waals surface area contributed by atoms with Crippen LogP contribution in [0.3, 0.4) is 0 Å². The van der Waals surface area contributed by atoms with Gasteiger partial charge in [0.2, 0.25) is 5.95 Å². The number of aryl methyl sites for hydroxylation is 1. The zero-order chi connectivity index (χ0) is 15.0. The second-order valence-electron chi connectivity index (χ2n) is 4.57. The largest absolute Gasteiger partial charge is 0.368 e. The quantitative estimate of drug-likeness (QED) is 0.726. The van der Waals surface area contributed by atoms with Gasteiger partial charge in [0, 0.05) is 30.6 Å². The van der Waals surface area contributed by atoms with E-state index < -0.39 is 0 Å². The molecule has 108 valence electrons. The van der Waals surface area contributed by atoms with E-state index in [4.69, 9.17) is 17.3 Å². The fourth-order valence-electron chi connectivity index (χ4n) is 2.08. The first kappa shape index (κ1) is 13.5. The highest BCUT2D eigenvalue weighted by Crippen LogP contribution is 2.26. The molecule has 2 N–H and O–H groups in total. The molecule has 8 nitrogen and oxygen atoms in total. The third kappa shape index (κ3) is 2.57. The van der Waals surface area contributed by atoms with Crippen molar-refractivity contribution >= 4 is 17.5 Å². The van der Waals surface area contributed by atoms with Gasteiger partial charge in [0.25, 0.3) is 0 Å². The molecule has 0 amide bonds. The van der Waals surface area contributed by atoms with E-state index in [9.17, 15) is 0 Å². The number of halogens is 1. The summed E-state index contributed by atoms with van der Waals surface area (Å²) in [6.07, 6.45) is 3.42. The van der Waals surface area contributed by atoms with E-state index in [2.05, 4.69) is 25.4 Å². The molecule has 0 radical (unpaired) electrons. The molecule has 0 aliphatic heterocycles. The molecule has 3 heterocycles. The SMILES string of the molecule is Cc1c(Cn2ccnn2)c(-c2cc(Cl)nc(N)n2)nn1C. The molecule has 21 heavy (non-hydrogen) atoms. The van der Waals surface area contributed by atoms with Gasteiger partial charge in [-0.25, -0.2) is 14.6 Å². The van der Waals surface area contributed by atoms with Gasteiger partial charge in [0.1, 0.15) is 10.8 Å². The van der Waals surface area contributed by atoms with Crippen LogP contribution in [0.5, 0.6) is 0 Å². The first-order chi connectivity index (χ1) is 10.0. The highest BCUT2D eigenvalue weighted by Gasteiger charge is 2.17. The molecule has 0 aromatic carbocycles. The van der Waals surface area contributed by atoms with Gasteiger partial charge in [-0.05, 0) is 6.92 Å². The predicted octanol–water partition coefficient (Wildman–Crippen LogP) is 1.06. The molecule has 0 spiro atoms. The lowest BCUT2D eigenvalue weighted by atomic mass is 10.1. The summed E-state index contributed by atoms with van der Waals surface area (Å²) in [5.41, 5.74) is 8.95. The molecular weight excluding hydrogens is 292 g/mol. The number of aromatic nitrogens is 7. The van der Waals surface area contributed by atoms with Crippen molar-refractivity contribution in [1.82, 2.24) is 34.7 Å². The van der Waals surface area contributed by atoms with Crippen molar-refractivity contribution in [3.63, 3.8) is 0 Å². The van der Waals surface area contributed by atoms with Gasteiger partial charge in [0.15, 0.2) is 0 Å². The Morgan fingerprint density at radius 1 is 1.33 bits per heavy atom. The van der Waals surface area contributed by atoms with E-state index >= 15 is 0 Å². The monoisotopic (exact) mass is 304 g/mol. The van der Waals surface area contributed by atoms with Gasteiger partial charge in [-0.3, -0.25) is 4.68 Å². The van der Waals surface area contributed by atoms with Gasteiger partial charge >= 0.3 is 0 Å². The molecule has 0 saturated carbocycles. The second-order valence-corrected chi connectivity index (χ2v) is 4.96. The average Bonchev–Trinajstić information content (AvgIpc) is 3.01. The van der Waals surface area contributed by atoms with Crippen LogP contribution < -0.4 is 5.73 Å². The van der Waals surface area contributed by atoms with Crippen LogP contribution in [0.4, 0.5) is 5.95 Å². The summed E-state index contributed by atoms with van der Waals surface area (Å²) < 4.78 is 3.51. The summed E-state index contributed by atoms with van der Waals surface area (Å²) in [5, 5.41) is 12.6. The Hall–Kier alpha value is -2.48. The fraction of sp³-hybridized carbons (Fsp3) is 0.250. The van der Waals surface area contributed by atoms with Crippen molar-refractivity contribution in [3.05, 3.63) is 34.9 Å². The Kier molecular flexibility index (Phi) is 3.30. The Balaban J connectivity index is 2.11. The fourth-order valence-corrected chi connectivity index (χ4v) is 2.27. The number of nitrogens with two attached hydrogens (primary N) is 1. The standard InChI is InChI=1S/C12H13ClN8/c1-7-8(6-21-4-3-15-19-21)11(18-20(7)2)9-5-10(13)17-12(14)16-9/h3-5H,6H2,1-2H3,(H2,14,16,17). The van der Waals surface area contributed by atoms with Crippen LogP contribution in [-0.4, -0.2) is 34.7 Å². The highest BCUT2D eigenvalue weighted by molar-refractivity contribution is 6.29. The van der Waals surface area contributed by atoms with Crippen LogP contribution in [0.1, 0.15) is 11.3 Å². The Bertz CT molecular complexity index is 757. The lowest BCUT2D eigenvalue weighted by Crippen LogP contribution is -2.04. The van der Waals surface area contributed by atoms with Crippen LogP contribution in [-0.2, 0) is 13.6 Å². The highest BCUT2D eigenvalue weighted by atomic mass is 35.5. The van der Waals surface area contributed by atoms with Crippen LogP contribution in [0.25, 0.3) is 11.4 Å². The van der Waals surface area contributed by atoms with E-state index in [1.807, 2.05) is 14.0 Å². The number of hydrogen-bond acceptors (Lipinski definition) is 6. The van der Waals surface area contributed by atoms with Crippen molar-refractivity contribution in [2.45, 2.75) is 13.5 Å². The molecule has 0 aliphatic rings. The molecule has 0 unspecified atom stereocenters. The number of nitrogens with zero attached hydrogens (tertiary/aromatic N) is 7. The summed E-state index contributed by atoms with van der Waals surface area (Å²) in [6, 6.07) is 1.64. The van der Waals surface area contributed by atoms with Crippen LogP contribution in [0.15, 0.2) is 18.5 Å². The number of anilines is 1. The van der Waals surface area contributed by atoms with Crippen LogP contribution in [0, 0.1) is 6.92 Å². The topological polar surface area (TPSA) is 100 Å². The Morgan fingerprint density at radius 2 is 2.14 bits per heavy atom. The molecule has 9 heteroatoms. The lowest BCUT2D eigenvalue weighted by Gasteiger charge is -2.04. The van der Waals surface area contributed by atoms with Crippen LogP contribution >= 0.6 is 11.6 Å². The minimum Gasteiger partial charge on any atom is -0.368 e. The number of nitrogen functional groups attached to an aromatic ring is 1. The van der Waals surface area contributed by atoms with Crippen molar-refractivity contribution in [2.75, 3.05) is 5.73 Å². The zero-order valence-corrected chi connectivity index (χ0v) is 12.3. The zero-order valence-electron chi connectivity index (χ0n) is 11.5. The number of rotatable bonds is 3. The average molecular weight is 305 g/mol. The smallest absolute Gasteiger partial charge is 0.222 e. The van der Waals surface area contributed by atoms with Crippen molar-refractivity contribution in [3.8, 4) is 11.4 Å². The Labute approximate surface area is 125 Å². The number of hydrogen-bond donors (Lipinski definition) is 1.